The van der Waals surface area contributed by atoms with E-state index in [1.165, 1.54) is 50.2 Å². The first-order valence-corrected chi connectivity index (χ1v) is 9.31. The molecule has 0 N–H and O–H groups in total. The van der Waals surface area contributed by atoms with Gasteiger partial charge in [0.1, 0.15) is 6.20 Å². The number of hydrogen-bond donors (Lipinski definition) is 0. The Morgan fingerprint density at radius 1 is 0.889 bits per heavy atom. The van der Waals surface area contributed by atoms with Crippen LogP contribution in [0.4, 0.5) is 5.69 Å². The molecular weight excluding hydrogens is 328 g/mol. The van der Waals surface area contributed by atoms with Crippen LogP contribution in [-0.2, 0) is 0 Å². The van der Waals surface area contributed by atoms with Crippen molar-refractivity contribution >= 4 is 12.4 Å². The molecule has 3 aromatic carbocycles. The molecule has 0 amide bonds. The van der Waals surface area contributed by atoms with Gasteiger partial charge in [0.15, 0.2) is 0 Å². The molecule has 2 aliphatic rings. The maximum atomic E-state index is 4.16. The molecule has 3 aromatic rings. The highest BCUT2D eigenvalue weighted by Crippen LogP contribution is 2.47. The average molecular weight is 350 g/mol. The fourth-order valence-corrected chi connectivity index (χ4v) is 4.57. The minimum absolute atomic E-state index is 1.12. The van der Waals surface area contributed by atoms with Gasteiger partial charge in [-0.2, -0.15) is 0 Å². The highest BCUT2D eigenvalue weighted by molar-refractivity contribution is 5.91. The third kappa shape index (κ3) is 2.26. The van der Waals surface area contributed by atoms with Crippen molar-refractivity contribution in [2.75, 3.05) is 4.90 Å². The van der Waals surface area contributed by atoms with Gasteiger partial charge in [-0.3, -0.25) is 9.48 Å². The number of aryl methyl sites for hydroxylation is 3. The molecule has 0 bridgehead atoms. The van der Waals surface area contributed by atoms with Crippen molar-refractivity contribution in [2.45, 2.75) is 20.8 Å². The summed E-state index contributed by atoms with van der Waals surface area (Å²) in [6.45, 7) is 10.7. The van der Waals surface area contributed by atoms with Crippen LogP contribution < -0.4 is 4.90 Å². The van der Waals surface area contributed by atoms with Gasteiger partial charge in [0.2, 0.25) is 6.17 Å². The van der Waals surface area contributed by atoms with Gasteiger partial charge >= 0.3 is 0 Å². The van der Waals surface area contributed by atoms with Gasteiger partial charge in [0, 0.05) is 11.9 Å². The monoisotopic (exact) mass is 350 g/mol. The molecule has 2 aliphatic heterocycles. The summed E-state index contributed by atoms with van der Waals surface area (Å²) in [6.07, 6.45) is 5.23. The lowest BCUT2D eigenvalue weighted by Crippen LogP contribution is -2.29. The molecule has 0 saturated heterocycles. The first kappa shape index (κ1) is 16.0. The van der Waals surface area contributed by atoms with Gasteiger partial charge in [-0.15, -0.1) is 6.07 Å². The zero-order chi connectivity index (χ0) is 18.7. The third-order valence-electron chi connectivity index (χ3n) is 5.58. The first-order chi connectivity index (χ1) is 13.0. The van der Waals surface area contributed by atoms with E-state index in [1.54, 1.807) is 0 Å². The van der Waals surface area contributed by atoms with Gasteiger partial charge in [-0.25, -0.2) is 0 Å². The predicted molar refractivity (Wildman–Crippen MR) is 113 cm³/mol. The summed E-state index contributed by atoms with van der Waals surface area (Å²) in [5, 5.41) is 0. The van der Waals surface area contributed by atoms with E-state index in [9.17, 15) is 0 Å². The molecule has 0 unspecified atom stereocenters. The standard InChI is InChI=1S/C25H22N2/c1-16-13-17(2)24(18(3)14-16)19-9-10-23-22(15-19)20-7-5-6-8-21(20)25-26(4)11-12-27(23)25/h5-15H,4H2,1-3H3. The molecule has 2 heterocycles. The Morgan fingerprint density at radius 3 is 2.41 bits per heavy atom. The van der Waals surface area contributed by atoms with Gasteiger partial charge in [0.05, 0.1) is 6.72 Å². The van der Waals surface area contributed by atoms with Crippen LogP contribution in [0.25, 0.3) is 22.3 Å². The van der Waals surface area contributed by atoms with E-state index in [0.717, 1.165) is 6.17 Å². The van der Waals surface area contributed by atoms with Crippen molar-refractivity contribution in [1.82, 2.24) is 0 Å². The van der Waals surface area contributed by atoms with E-state index in [1.807, 2.05) is 10.8 Å². The number of nitrogens with zero attached hydrogens (tertiary/aromatic N) is 2. The Bertz CT molecular complexity index is 1110. The largest absolute Gasteiger partial charge is 0.298 e. The second-order valence-electron chi connectivity index (χ2n) is 7.51. The minimum Gasteiger partial charge on any atom is -0.298 e. The molecule has 0 fully saturated rings. The summed E-state index contributed by atoms with van der Waals surface area (Å²) in [6, 6.07) is 20.0. The van der Waals surface area contributed by atoms with Crippen LogP contribution in [-0.4, -0.2) is 11.3 Å². The number of rotatable bonds is 1. The Kier molecular flexibility index (Phi) is 3.32. The Labute approximate surface area is 160 Å². The molecule has 0 saturated carbocycles. The Morgan fingerprint density at radius 2 is 1.63 bits per heavy atom. The Hall–Kier alpha value is -3.26. The van der Waals surface area contributed by atoms with Crippen LogP contribution in [0.2, 0.25) is 0 Å². The first-order valence-electron chi connectivity index (χ1n) is 9.31. The fraction of sp³-hybridized carbons (Fsp3) is 0.120. The van der Waals surface area contributed by atoms with Crippen LogP contribution >= 0.6 is 0 Å². The van der Waals surface area contributed by atoms with Crippen LogP contribution in [0.1, 0.15) is 22.3 Å². The van der Waals surface area contributed by atoms with E-state index < -0.39 is 0 Å². The maximum absolute atomic E-state index is 4.16. The smallest absolute Gasteiger partial charge is 0.221 e. The zero-order valence-corrected chi connectivity index (χ0v) is 16.0. The van der Waals surface area contributed by atoms with Gasteiger partial charge in [-0.05, 0) is 60.2 Å². The molecule has 5 rings (SSSR count). The highest BCUT2D eigenvalue weighted by Gasteiger charge is 2.35. The lowest BCUT2D eigenvalue weighted by atomic mass is 9.87. The number of anilines is 1. The summed E-state index contributed by atoms with van der Waals surface area (Å²) in [7, 11) is 0. The second-order valence-corrected chi connectivity index (χ2v) is 7.51. The van der Waals surface area contributed by atoms with E-state index in [-0.39, 0.29) is 0 Å². The van der Waals surface area contributed by atoms with Crippen LogP contribution in [0.15, 0.2) is 67.0 Å². The molecule has 2 nitrogen and oxygen atoms in total. The van der Waals surface area contributed by atoms with E-state index in [2.05, 4.69) is 93.2 Å². The number of fused-ring (bicyclic) bond motifs is 6. The molecule has 132 valence electrons. The lowest BCUT2D eigenvalue weighted by Gasteiger charge is -2.34. The summed E-state index contributed by atoms with van der Waals surface area (Å²) in [5.74, 6) is 0. The summed E-state index contributed by atoms with van der Waals surface area (Å²) in [4.78, 5) is 2.24. The zero-order valence-electron chi connectivity index (χ0n) is 16.0. The SMILES string of the molecule is C=[N+]1C=CN2c3ccc(-c4c(C)cc(C)cc4C)cc3-c3ccccc3[C-]21. The van der Waals surface area contributed by atoms with Crippen LogP contribution in [0.3, 0.4) is 0 Å². The minimum atomic E-state index is 1.12. The number of hydrogen-bond acceptors (Lipinski definition) is 1. The Balaban J connectivity index is 1.76. The van der Waals surface area contributed by atoms with E-state index in [0.29, 0.717) is 0 Å². The average Bonchev–Trinajstić information content (AvgIpc) is 3.03. The highest BCUT2D eigenvalue weighted by atomic mass is 15.3. The fourth-order valence-electron chi connectivity index (χ4n) is 4.57. The summed E-state index contributed by atoms with van der Waals surface area (Å²) in [5.41, 5.74) is 11.5. The van der Waals surface area contributed by atoms with Crippen molar-refractivity contribution < 1.29 is 4.58 Å². The molecule has 27 heavy (non-hydrogen) atoms. The maximum Gasteiger partial charge on any atom is 0.221 e. The van der Waals surface area contributed by atoms with Crippen molar-refractivity contribution in [1.29, 1.82) is 0 Å². The van der Waals surface area contributed by atoms with Crippen LogP contribution in [0, 0.1) is 26.9 Å². The van der Waals surface area contributed by atoms with Crippen molar-refractivity contribution in [3.63, 3.8) is 0 Å². The topological polar surface area (TPSA) is 6.25 Å². The quantitative estimate of drug-likeness (QED) is 0.397. The van der Waals surface area contributed by atoms with Crippen molar-refractivity contribution in [3.05, 3.63) is 95.4 Å². The lowest BCUT2D eigenvalue weighted by molar-refractivity contribution is -0.416. The molecule has 0 aromatic heterocycles. The van der Waals surface area contributed by atoms with Gasteiger partial charge in [0.25, 0.3) is 0 Å². The third-order valence-corrected chi connectivity index (χ3v) is 5.58. The molecule has 0 aliphatic carbocycles. The van der Waals surface area contributed by atoms with Gasteiger partial charge < -0.3 is 0 Å². The molecule has 0 radical (unpaired) electrons. The van der Waals surface area contributed by atoms with Crippen molar-refractivity contribution in [3.8, 4) is 22.3 Å². The molecule has 2 heteroatoms. The second kappa shape index (κ2) is 5.62. The molecule has 0 spiro atoms. The predicted octanol–water partition coefficient (Wildman–Crippen LogP) is 5.80. The summed E-state index contributed by atoms with van der Waals surface area (Å²) >= 11 is 0. The van der Waals surface area contributed by atoms with E-state index >= 15 is 0 Å². The molecular formula is C25H22N2. The van der Waals surface area contributed by atoms with Crippen molar-refractivity contribution in [2.24, 2.45) is 0 Å². The van der Waals surface area contributed by atoms with E-state index in [4.69, 9.17) is 0 Å². The summed E-state index contributed by atoms with van der Waals surface area (Å²) < 4.78 is 1.95. The van der Waals surface area contributed by atoms with Gasteiger partial charge in [-0.1, -0.05) is 53.6 Å². The molecule has 0 atom stereocenters. The number of benzene rings is 3. The normalized spacial score (nSPS) is 14.3. The van der Waals surface area contributed by atoms with Crippen LogP contribution in [0.5, 0.6) is 0 Å².